The van der Waals surface area contributed by atoms with Crippen molar-refractivity contribution in [1.29, 1.82) is 0 Å². The molecule has 0 radical (unpaired) electrons. The van der Waals surface area contributed by atoms with Crippen LogP contribution in [0.2, 0.25) is 10.0 Å². The summed E-state index contributed by atoms with van der Waals surface area (Å²) in [4.78, 5) is 23.1. The number of carboxylic acids is 1. The van der Waals surface area contributed by atoms with Gasteiger partial charge in [-0.05, 0) is 19.9 Å². The molecule has 0 saturated heterocycles. The second kappa shape index (κ2) is 5.80. The smallest absolute Gasteiger partial charge is 0.309 e. The molecule has 0 saturated carbocycles. The number of ether oxygens (including phenoxy) is 1. The first kappa shape index (κ1) is 15.8. The number of hydrogen-bond donors (Lipinski definition) is 1. The van der Waals surface area contributed by atoms with E-state index < -0.39 is 11.4 Å². The second-order valence-corrected chi connectivity index (χ2v) is 5.57. The van der Waals surface area contributed by atoms with E-state index in [0.717, 1.165) is 0 Å². The minimum Gasteiger partial charge on any atom is -0.495 e. The Hall–Kier alpha value is -1.26. The Kier molecular flexibility index (Phi) is 4.82. The number of ketones is 1. The number of aliphatic carboxylic acids is 1. The number of Topliss-reactive ketones (excluding diaryl/α,β-unsaturated/α-hetero) is 1. The minimum absolute atomic E-state index is 0.162. The van der Waals surface area contributed by atoms with Crippen molar-refractivity contribution in [3.05, 3.63) is 27.7 Å². The van der Waals surface area contributed by atoms with Crippen molar-refractivity contribution in [2.24, 2.45) is 5.41 Å². The fraction of sp³-hybridized carbons (Fsp3) is 0.385. The molecule has 4 nitrogen and oxygen atoms in total. The number of carboxylic acid groups (broad SMARTS) is 1. The van der Waals surface area contributed by atoms with Crippen LogP contribution in [0.3, 0.4) is 0 Å². The van der Waals surface area contributed by atoms with Crippen LogP contribution in [0.4, 0.5) is 0 Å². The summed E-state index contributed by atoms with van der Waals surface area (Å²) in [5, 5.41) is 9.45. The lowest BCUT2D eigenvalue weighted by Gasteiger charge is -2.18. The highest BCUT2D eigenvalue weighted by molar-refractivity contribution is 6.36. The molecule has 0 spiro atoms. The highest BCUT2D eigenvalue weighted by Gasteiger charge is 2.31. The predicted octanol–water partition coefficient (Wildman–Crippen LogP) is 3.69. The van der Waals surface area contributed by atoms with Crippen LogP contribution in [0, 0.1) is 5.41 Å². The van der Waals surface area contributed by atoms with E-state index >= 15 is 0 Å². The largest absolute Gasteiger partial charge is 0.495 e. The molecule has 0 atom stereocenters. The lowest BCUT2D eigenvalue weighted by molar-refractivity contribution is -0.146. The quantitative estimate of drug-likeness (QED) is 0.843. The van der Waals surface area contributed by atoms with Gasteiger partial charge in [-0.1, -0.05) is 23.2 Å². The van der Waals surface area contributed by atoms with Crippen LogP contribution >= 0.6 is 23.2 Å². The molecule has 0 amide bonds. The van der Waals surface area contributed by atoms with Gasteiger partial charge in [0.1, 0.15) is 5.75 Å². The number of carbonyl (C=O) groups is 2. The number of methoxy groups -OCH3 is 1. The zero-order chi connectivity index (χ0) is 14.8. The van der Waals surface area contributed by atoms with Crippen molar-refractivity contribution < 1.29 is 19.4 Å². The molecule has 0 aromatic heterocycles. The van der Waals surface area contributed by atoms with Crippen LogP contribution in [-0.2, 0) is 4.79 Å². The van der Waals surface area contributed by atoms with Gasteiger partial charge in [-0.2, -0.15) is 0 Å². The average molecular weight is 305 g/mol. The maximum Gasteiger partial charge on any atom is 0.309 e. The summed E-state index contributed by atoms with van der Waals surface area (Å²) in [6.07, 6.45) is -0.162. The summed E-state index contributed by atoms with van der Waals surface area (Å²) in [7, 11) is 1.44. The highest BCUT2D eigenvalue weighted by Crippen LogP contribution is 2.33. The maximum absolute atomic E-state index is 12.1. The summed E-state index contributed by atoms with van der Waals surface area (Å²) in [6.45, 7) is 2.96. The first-order valence-electron chi connectivity index (χ1n) is 5.48. The van der Waals surface area contributed by atoms with Gasteiger partial charge in [0.25, 0.3) is 0 Å². The molecule has 0 unspecified atom stereocenters. The molecule has 0 bridgehead atoms. The third-order valence-corrected chi connectivity index (χ3v) is 3.33. The second-order valence-electron chi connectivity index (χ2n) is 4.76. The van der Waals surface area contributed by atoms with Crippen LogP contribution in [0.1, 0.15) is 30.6 Å². The Morgan fingerprint density at radius 2 is 1.84 bits per heavy atom. The Balaban J connectivity index is 3.08. The fourth-order valence-corrected chi connectivity index (χ4v) is 1.97. The van der Waals surface area contributed by atoms with Crippen molar-refractivity contribution in [3.8, 4) is 5.75 Å². The van der Waals surface area contributed by atoms with Gasteiger partial charge in [-0.3, -0.25) is 9.59 Å². The molecule has 0 heterocycles. The number of halogens is 2. The zero-order valence-electron chi connectivity index (χ0n) is 10.8. The maximum atomic E-state index is 12.1. The molecule has 6 heteroatoms. The number of hydrogen-bond acceptors (Lipinski definition) is 3. The molecule has 0 aliphatic heterocycles. The molecule has 1 N–H and O–H groups in total. The van der Waals surface area contributed by atoms with Gasteiger partial charge in [0, 0.05) is 18.1 Å². The molecular formula is C13H14Cl2O4. The Bertz CT molecular complexity index is 524. The van der Waals surface area contributed by atoms with Gasteiger partial charge in [0.05, 0.1) is 22.6 Å². The van der Waals surface area contributed by atoms with Gasteiger partial charge < -0.3 is 9.84 Å². The van der Waals surface area contributed by atoms with E-state index in [2.05, 4.69) is 0 Å². The molecule has 0 fully saturated rings. The van der Waals surface area contributed by atoms with Crippen LogP contribution < -0.4 is 4.74 Å². The highest BCUT2D eigenvalue weighted by atomic mass is 35.5. The summed E-state index contributed by atoms with van der Waals surface area (Å²) in [6, 6.07) is 2.83. The molecule has 1 aromatic rings. The van der Waals surface area contributed by atoms with Crippen LogP contribution in [0.5, 0.6) is 5.75 Å². The van der Waals surface area contributed by atoms with Crippen molar-refractivity contribution >= 4 is 35.0 Å². The standard InChI is InChI=1S/C13H14Cl2O4/c1-13(2,12(17)18)6-10(16)7-4-9(15)11(19-3)5-8(7)14/h4-5H,6H2,1-3H3,(H,17,18). The molecule has 0 aliphatic rings. The van der Waals surface area contributed by atoms with E-state index in [0.29, 0.717) is 5.75 Å². The van der Waals surface area contributed by atoms with E-state index in [9.17, 15) is 9.59 Å². The Morgan fingerprint density at radius 1 is 1.26 bits per heavy atom. The molecule has 0 aliphatic carbocycles. The van der Waals surface area contributed by atoms with Crippen LogP contribution in [0.15, 0.2) is 12.1 Å². The summed E-state index contributed by atoms with van der Waals surface area (Å²) in [5.41, 5.74) is -0.964. The minimum atomic E-state index is -1.16. The fourth-order valence-electron chi connectivity index (χ4n) is 1.47. The van der Waals surface area contributed by atoms with E-state index in [1.807, 2.05) is 0 Å². The Labute approximate surface area is 121 Å². The lowest BCUT2D eigenvalue weighted by Crippen LogP contribution is -2.27. The van der Waals surface area contributed by atoms with Crippen molar-refractivity contribution in [3.63, 3.8) is 0 Å². The van der Waals surface area contributed by atoms with Crippen molar-refractivity contribution in [2.45, 2.75) is 20.3 Å². The predicted molar refractivity (Wildman–Crippen MR) is 73.4 cm³/mol. The van der Waals surface area contributed by atoms with Gasteiger partial charge in [0.15, 0.2) is 5.78 Å². The Morgan fingerprint density at radius 3 is 2.32 bits per heavy atom. The van der Waals surface area contributed by atoms with Crippen molar-refractivity contribution in [1.82, 2.24) is 0 Å². The number of benzene rings is 1. The SMILES string of the molecule is COc1cc(Cl)c(C(=O)CC(C)(C)C(=O)O)cc1Cl. The number of carbonyl (C=O) groups excluding carboxylic acids is 1. The number of rotatable bonds is 5. The normalized spacial score (nSPS) is 11.2. The molecule has 19 heavy (non-hydrogen) atoms. The van der Waals surface area contributed by atoms with Gasteiger partial charge >= 0.3 is 5.97 Å². The molecular weight excluding hydrogens is 291 g/mol. The summed E-state index contributed by atoms with van der Waals surface area (Å²) >= 11 is 11.9. The van der Waals surface area contributed by atoms with Crippen LogP contribution in [-0.4, -0.2) is 24.0 Å². The first-order valence-corrected chi connectivity index (χ1v) is 6.24. The zero-order valence-corrected chi connectivity index (χ0v) is 12.3. The van der Waals surface area contributed by atoms with Crippen LogP contribution in [0.25, 0.3) is 0 Å². The third kappa shape index (κ3) is 3.61. The molecule has 1 rings (SSSR count). The third-order valence-electron chi connectivity index (χ3n) is 2.72. The monoisotopic (exact) mass is 304 g/mol. The molecule has 104 valence electrons. The van der Waals surface area contributed by atoms with Gasteiger partial charge in [-0.15, -0.1) is 0 Å². The topological polar surface area (TPSA) is 63.6 Å². The van der Waals surface area contributed by atoms with Gasteiger partial charge in [0.2, 0.25) is 0 Å². The average Bonchev–Trinajstić information content (AvgIpc) is 2.30. The summed E-state index contributed by atoms with van der Waals surface area (Å²) < 4.78 is 4.98. The first-order chi connectivity index (χ1) is 8.69. The summed E-state index contributed by atoms with van der Waals surface area (Å²) in [5.74, 6) is -1.06. The molecule has 1 aromatic carbocycles. The van der Waals surface area contributed by atoms with Crippen molar-refractivity contribution in [2.75, 3.05) is 7.11 Å². The van der Waals surface area contributed by atoms with Gasteiger partial charge in [-0.25, -0.2) is 0 Å². The van der Waals surface area contributed by atoms with E-state index in [4.69, 9.17) is 33.0 Å². The lowest BCUT2D eigenvalue weighted by atomic mass is 9.85. The van der Waals surface area contributed by atoms with E-state index in [1.165, 1.54) is 33.1 Å². The van der Waals surface area contributed by atoms with E-state index in [-0.39, 0.29) is 27.8 Å². The van der Waals surface area contributed by atoms with E-state index in [1.54, 1.807) is 0 Å².